The Morgan fingerprint density at radius 1 is 1.28 bits per heavy atom. The first-order valence-electron chi connectivity index (χ1n) is 5.29. The molecule has 0 saturated heterocycles. The number of benzene rings is 1. The van der Waals surface area contributed by atoms with E-state index in [4.69, 9.17) is 9.84 Å². The van der Waals surface area contributed by atoms with Gasteiger partial charge < -0.3 is 9.84 Å². The molecule has 94 valence electrons. The molecular weight excluding hydrogens is 255 g/mol. The van der Waals surface area contributed by atoms with Crippen LogP contribution in [-0.4, -0.2) is 11.1 Å². The lowest BCUT2D eigenvalue weighted by Crippen LogP contribution is -2.04. The molecule has 0 amide bonds. The normalized spacial score (nSPS) is 10.5. The molecule has 1 aromatic carbocycles. The highest BCUT2D eigenvalue weighted by Gasteiger charge is 2.13. The molecule has 1 aromatic heterocycles. The van der Waals surface area contributed by atoms with Crippen LogP contribution in [0.5, 0.6) is 0 Å². The molecule has 0 aliphatic carbocycles. The number of ether oxygens (including phenoxy) is 1. The molecule has 2 rings (SSSR count). The lowest BCUT2D eigenvalue weighted by molar-refractivity contribution is 0.0690. The van der Waals surface area contributed by atoms with Crippen LogP contribution in [0.4, 0.5) is 4.39 Å². The van der Waals surface area contributed by atoms with Crippen LogP contribution < -0.4 is 0 Å². The van der Waals surface area contributed by atoms with E-state index < -0.39 is 11.8 Å². The van der Waals surface area contributed by atoms with Crippen LogP contribution in [0.15, 0.2) is 35.7 Å². The maximum absolute atomic E-state index is 13.7. The van der Waals surface area contributed by atoms with Gasteiger partial charge in [0, 0.05) is 10.4 Å². The summed E-state index contributed by atoms with van der Waals surface area (Å²) in [5, 5.41) is 10.7. The highest BCUT2D eigenvalue weighted by Crippen LogP contribution is 2.16. The van der Waals surface area contributed by atoms with Gasteiger partial charge in [0.25, 0.3) is 0 Å². The van der Waals surface area contributed by atoms with Gasteiger partial charge in [-0.2, -0.15) is 0 Å². The molecule has 0 bridgehead atoms. The van der Waals surface area contributed by atoms with Crippen LogP contribution in [0.25, 0.3) is 0 Å². The molecule has 0 spiro atoms. The van der Waals surface area contributed by atoms with Gasteiger partial charge in [-0.05, 0) is 17.5 Å². The summed E-state index contributed by atoms with van der Waals surface area (Å²) in [4.78, 5) is 11.8. The number of carboxylic acid groups (broad SMARTS) is 1. The highest BCUT2D eigenvalue weighted by molar-refractivity contribution is 7.09. The van der Waals surface area contributed by atoms with Crippen molar-refractivity contribution in [1.82, 2.24) is 0 Å². The Balaban J connectivity index is 2.01. The Labute approximate surface area is 107 Å². The van der Waals surface area contributed by atoms with Gasteiger partial charge in [0.2, 0.25) is 0 Å². The summed E-state index contributed by atoms with van der Waals surface area (Å²) in [6.07, 6.45) is 0. The van der Waals surface area contributed by atoms with Crippen molar-refractivity contribution in [3.8, 4) is 0 Å². The first-order valence-corrected chi connectivity index (χ1v) is 6.17. The SMILES string of the molecule is O=C(O)c1cccc(COCc2cccs2)c1F. The molecule has 2 aromatic rings. The third-order valence-corrected chi connectivity index (χ3v) is 3.24. The van der Waals surface area contributed by atoms with Crippen molar-refractivity contribution in [3.05, 3.63) is 57.5 Å². The third-order valence-electron chi connectivity index (χ3n) is 2.39. The number of carboxylic acids is 1. The molecular formula is C13H11FO3S. The maximum Gasteiger partial charge on any atom is 0.338 e. The molecule has 5 heteroatoms. The van der Waals surface area contributed by atoms with Gasteiger partial charge in [-0.1, -0.05) is 18.2 Å². The van der Waals surface area contributed by atoms with E-state index in [1.165, 1.54) is 18.2 Å². The summed E-state index contributed by atoms with van der Waals surface area (Å²) in [5.41, 5.74) is -0.0707. The molecule has 0 aliphatic heterocycles. The predicted octanol–water partition coefficient (Wildman–Crippen LogP) is 3.30. The van der Waals surface area contributed by atoms with E-state index in [-0.39, 0.29) is 17.7 Å². The number of carbonyl (C=O) groups is 1. The number of aromatic carboxylic acids is 1. The first-order chi connectivity index (χ1) is 8.68. The zero-order chi connectivity index (χ0) is 13.0. The monoisotopic (exact) mass is 266 g/mol. The summed E-state index contributed by atoms with van der Waals surface area (Å²) in [6, 6.07) is 8.11. The number of hydrogen-bond donors (Lipinski definition) is 1. The minimum atomic E-state index is -1.27. The largest absolute Gasteiger partial charge is 0.478 e. The molecule has 0 atom stereocenters. The fourth-order valence-corrected chi connectivity index (χ4v) is 2.15. The highest BCUT2D eigenvalue weighted by atomic mass is 32.1. The quantitative estimate of drug-likeness (QED) is 0.903. The lowest BCUT2D eigenvalue weighted by Gasteiger charge is -2.06. The Bertz CT molecular complexity index is 537. The van der Waals surface area contributed by atoms with E-state index in [1.54, 1.807) is 11.3 Å². The summed E-state index contributed by atoms with van der Waals surface area (Å²) in [7, 11) is 0. The van der Waals surface area contributed by atoms with Crippen LogP contribution in [0.1, 0.15) is 20.8 Å². The van der Waals surface area contributed by atoms with E-state index in [1.807, 2.05) is 17.5 Å². The van der Waals surface area contributed by atoms with Gasteiger partial charge in [0.15, 0.2) is 0 Å². The molecule has 0 fully saturated rings. The van der Waals surface area contributed by atoms with E-state index in [0.29, 0.717) is 6.61 Å². The smallest absolute Gasteiger partial charge is 0.338 e. The zero-order valence-electron chi connectivity index (χ0n) is 9.43. The van der Waals surface area contributed by atoms with Crippen molar-refractivity contribution < 1.29 is 19.0 Å². The van der Waals surface area contributed by atoms with E-state index in [2.05, 4.69) is 0 Å². The topological polar surface area (TPSA) is 46.5 Å². The number of hydrogen-bond acceptors (Lipinski definition) is 3. The summed E-state index contributed by atoms with van der Waals surface area (Å²) in [5.74, 6) is -2.00. The maximum atomic E-state index is 13.7. The second kappa shape index (κ2) is 5.75. The molecule has 1 heterocycles. The lowest BCUT2D eigenvalue weighted by atomic mass is 10.1. The standard InChI is InChI=1S/C13H11FO3S/c14-12-9(3-1-5-11(12)13(15)16)7-17-8-10-4-2-6-18-10/h1-6H,7-8H2,(H,15,16). The average Bonchev–Trinajstić information content (AvgIpc) is 2.84. The van der Waals surface area contributed by atoms with Gasteiger partial charge >= 0.3 is 5.97 Å². The minimum Gasteiger partial charge on any atom is -0.478 e. The molecule has 3 nitrogen and oxygen atoms in total. The molecule has 0 unspecified atom stereocenters. The number of halogens is 1. The van der Waals surface area contributed by atoms with Crippen LogP contribution in [0.2, 0.25) is 0 Å². The third kappa shape index (κ3) is 2.94. The second-order valence-electron chi connectivity index (χ2n) is 3.66. The number of thiophene rings is 1. The van der Waals surface area contributed by atoms with E-state index in [0.717, 1.165) is 4.88 Å². The predicted molar refractivity (Wildman–Crippen MR) is 66.2 cm³/mol. The van der Waals surface area contributed by atoms with E-state index in [9.17, 15) is 9.18 Å². The van der Waals surface area contributed by atoms with Crippen molar-refractivity contribution in [3.63, 3.8) is 0 Å². The Morgan fingerprint density at radius 2 is 2.11 bits per heavy atom. The molecule has 1 N–H and O–H groups in total. The summed E-state index contributed by atoms with van der Waals surface area (Å²) < 4.78 is 19.1. The van der Waals surface area contributed by atoms with Crippen molar-refractivity contribution in [2.75, 3.05) is 0 Å². The van der Waals surface area contributed by atoms with E-state index >= 15 is 0 Å². The van der Waals surface area contributed by atoms with Crippen LogP contribution >= 0.6 is 11.3 Å². The van der Waals surface area contributed by atoms with Crippen molar-refractivity contribution in [1.29, 1.82) is 0 Å². The van der Waals surface area contributed by atoms with Gasteiger partial charge in [-0.25, -0.2) is 9.18 Å². The van der Waals surface area contributed by atoms with Crippen LogP contribution in [0, 0.1) is 5.82 Å². The van der Waals surface area contributed by atoms with Gasteiger partial charge in [0.05, 0.1) is 18.8 Å². The van der Waals surface area contributed by atoms with Crippen LogP contribution in [0.3, 0.4) is 0 Å². The summed E-state index contributed by atoms with van der Waals surface area (Å²) in [6.45, 7) is 0.458. The Morgan fingerprint density at radius 3 is 2.78 bits per heavy atom. The van der Waals surface area contributed by atoms with Gasteiger partial charge in [-0.3, -0.25) is 0 Å². The first kappa shape index (κ1) is 12.7. The second-order valence-corrected chi connectivity index (χ2v) is 4.69. The zero-order valence-corrected chi connectivity index (χ0v) is 10.2. The molecule has 0 saturated carbocycles. The minimum absolute atomic E-state index is 0.0604. The Kier molecular flexibility index (Phi) is 4.07. The van der Waals surface area contributed by atoms with Crippen molar-refractivity contribution in [2.24, 2.45) is 0 Å². The fraction of sp³-hybridized carbons (Fsp3) is 0.154. The van der Waals surface area contributed by atoms with Crippen molar-refractivity contribution >= 4 is 17.3 Å². The molecule has 18 heavy (non-hydrogen) atoms. The molecule has 0 aliphatic rings. The number of rotatable bonds is 5. The van der Waals surface area contributed by atoms with Crippen molar-refractivity contribution in [2.45, 2.75) is 13.2 Å². The average molecular weight is 266 g/mol. The molecule has 0 radical (unpaired) electrons. The summed E-state index contributed by atoms with van der Waals surface area (Å²) >= 11 is 1.56. The van der Waals surface area contributed by atoms with Gasteiger partial charge in [-0.15, -0.1) is 11.3 Å². The van der Waals surface area contributed by atoms with Crippen LogP contribution in [-0.2, 0) is 18.0 Å². The fourth-order valence-electron chi connectivity index (χ4n) is 1.51. The van der Waals surface area contributed by atoms with Gasteiger partial charge in [0.1, 0.15) is 5.82 Å². The Hall–Kier alpha value is -1.72.